The van der Waals surface area contributed by atoms with Gasteiger partial charge < -0.3 is 0 Å². The van der Waals surface area contributed by atoms with Crippen LogP contribution in [0.4, 0.5) is 0 Å². The van der Waals surface area contributed by atoms with Gasteiger partial charge in [-0.15, -0.1) is 0 Å². The Balaban J connectivity index is 1.50. The van der Waals surface area contributed by atoms with E-state index in [2.05, 4.69) is 45.2 Å². The maximum absolute atomic E-state index is 4.68. The minimum Gasteiger partial charge on any atom is -0.294 e. The first-order valence-corrected chi connectivity index (χ1v) is 9.67. The fraction of sp³-hybridized carbons (Fsp3) is 0.316. The highest BCUT2D eigenvalue weighted by atomic mass is 32.2. The van der Waals surface area contributed by atoms with Crippen molar-refractivity contribution >= 4 is 11.8 Å². The van der Waals surface area contributed by atoms with Crippen molar-refractivity contribution in [3.05, 3.63) is 65.2 Å². The zero-order valence-corrected chi connectivity index (χ0v) is 15.3. The van der Waals surface area contributed by atoms with Crippen molar-refractivity contribution in [2.75, 3.05) is 12.8 Å². The summed E-state index contributed by atoms with van der Waals surface area (Å²) >= 11 is 1.60. The second-order valence-electron chi connectivity index (χ2n) is 6.31. The summed E-state index contributed by atoms with van der Waals surface area (Å²) in [5.74, 6) is 0. The number of benzene rings is 1. The van der Waals surface area contributed by atoms with Gasteiger partial charge in [-0.1, -0.05) is 30.0 Å². The van der Waals surface area contributed by atoms with Crippen LogP contribution >= 0.6 is 11.8 Å². The predicted octanol–water partition coefficient (Wildman–Crippen LogP) is 3.25. The smallest absolute Gasteiger partial charge is 0.187 e. The van der Waals surface area contributed by atoms with E-state index in [0.717, 1.165) is 42.6 Å². The molecule has 25 heavy (non-hydrogen) atoms. The van der Waals surface area contributed by atoms with Crippen LogP contribution in [0.1, 0.15) is 22.5 Å². The molecule has 0 spiro atoms. The summed E-state index contributed by atoms with van der Waals surface area (Å²) in [6, 6.07) is 10.3. The Hall–Kier alpha value is -2.18. The van der Waals surface area contributed by atoms with Gasteiger partial charge in [0.2, 0.25) is 0 Å². The Labute approximate surface area is 152 Å². The standard InChI is InChI=1S/C19H21N5S/c1-14-16(13-24(22-14)17-6-4-3-5-7-17)12-23-9-8-18-15(11-23)10-20-19(21-18)25-2/h3-7,10,13H,8-9,11-12H2,1-2H3. The fourth-order valence-electron chi connectivity index (χ4n) is 3.19. The Morgan fingerprint density at radius 3 is 2.84 bits per heavy atom. The monoisotopic (exact) mass is 351 g/mol. The highest BCUT2D eigenvalue weighted by Crippen LogP contribution is 2.22. The lowest BCUT2D eigenvalue weighted by Crippen LogP contribution is -2.31. The molecule has 3 heterocycles. The normalized spacial score (nSPS) is 14.5. The molecule has 0 saturated carbocycles. The summed E-state index contributed by atoms with van der Waals surface area (Å²) in [5, 5.41) is 5.54. The van der Waals surface area contributed by atoms with E-state index in [-0.39, 0.29) is 0 Å². The van der Waals surface area contributed by atoms with Gasteiger partial charge in [0.15, 0.2) is 5.16 Å². The van der Waals surface area contributed by atoms with Gasteiger partial charge in [-0.2, -0.15) is 5.10 Å². The molecule has 0 amide bonds. The number of fused-ring (bicyclic) bond motifs is 1. The largest absolute Gasteiger partial charge is 0.294 e. The number of rotatable bonds is 4. The van der Waals surface area contributed by atoms with Crippen LogP contribution in [0.5, 0.6) is 0 Å². The van der Waals surface area contributed by atoms with Crippen molar-refractivity contribution in [2.24, 2.45) is 0 Å². The van der Waals surface area contributed by atoms with Gasteiger partial charge in [-0.05, 0) is 25.3 Å². The lowest BCUT2D eigenvalue weighted by molar-refractivity contribution is 0.241. The molecule has 128 valence electrons. The van der Waals surface area contributed by atoms with Crippen molar-refractivity contribution in [1.29, 1.82) is 0 Å². The third-order valence-electron chi connectivity index (χ3n) is 4.59. The molecule has 0 fully saturated rings. The van der Waals surface area contributed by atoms with Crippen molar-refractivity contribution < 1.29 is 0 Å². The minimum absolute atomic E-state index is 0.868. The van der Waals surface area contributed by atoms with Crippen molar-refractivity contribution in [2.45, 2.75) is 31.6 Å². The van der Waals surface area contributed by atoms with E-state index < -0.39 is 0 Å². The molecule has 2 aromatic heterocycles. The van der Waals surface area contributed by atoms with Crippen LogP contribution in [-0.4, -0.2) is 37.4 Å². The van der Waals surface area contributed by atoms with Crippen LogP contribution in [0.25, 0.3) is 5.69 Å². The number of nitrogens with zero attached hydrogens (tertiary/aromatic N) is 5. The van der Waals surface area contributed by atoms with Gasteiger partial charge in [0.1, 0.15) is 0 Å². The van der Waals surface area contributed by atoms with E-state index in [1.54, 1.807) is 11.8 Å². The van der Waals surface area contributed by atoms with E-state index in [0.29, 0.717) is 0 Å². The summed E-state index contributed by atoms with van der Waals surface area (Å²) in [5.41, 5.74) is 5.90. The highest BCUT2D eigenvalue weighted by molar-refractivity contribution is 7.98. The second kappa shape index (κ2) is 6.98. The summed E-state index contributed by atoms with van der Waals surface area (Å²) in [4.78, 5) is 11.5. The number of hydrogen-bond acceptors (Lipinski definition) is 5. The Kier molecular flexibility index (Phi) is 4.55. The van der Waals surface area contributed by atoms with Crippen molar-refractivity contribution in [3.8, 4) is 5.69 Å². The molecular weight excluding hydrogens is 330 g/mol. The van der Waals surface area contributed by atoms with Crippen molar-refractivity contribution in [1.82, 2.24) is 24.6 Å². The van der Waals surface area contributed by atoms with Gasteiger partial charge in [-0.25, -0.2) is 14.6 Å². The van der Waals surface area contributed by atoms with Crippen LogP contribution in [-0.2, 0) is 19.5 Å². The Morgan fingerprint density at radius 2 is 2.04 bits per heavy atom. The van der Waals surface area contributed by atoms with E-state index >= 15 is 0 Å². The first-order chi connectivity index (χ1) is 12.2. The maximum atomic E-state index is 4.68. The van der Waals surface area contributed by atoms with Crippen LogP contribution in [0.2, 0.25) is 0 Å². The molecule has 1 aliphatic rings. The molecule has 3 aromatic rings. The summed E-state index contributed by atoms with van der Waals surface area (Å²) in [6.07, 6.45) is 7.13. The van der Waals surface area contributed by atoms with Gasteiger partial charge >= 0.3 is 0 Å². The molecule has 5 nitrogen and oxygen atoms in total. The van der Waals surface area contributed by atoms with Crippen LogP contribution < -0.4 is 0 Å². The topological polar surface area (TPSA) is 46.8 Å². The first kappa shape index (κ1) is 16.3. The molecule has 0 radical (unpaired) electrons. The van der Waals surface area contributed by atoms with Crippen LogP contribution in [0.15, 0.2) is 47.9 Å². The molecule has 0 unspecified atom stereocenters. The van der Waals surface area contributed by atoms with Gasteiger partial charge in [0.05, 0.1) is 17.1 Å². The lowest BCUT2D eigenvalue weighted by Gasteiger charge is -2.27. The van der Waals surface area contributed by atoms with Crippen LogP contribution in [0.3, 0.4) is 0 Å². The molecule has 1 aromatic carbocycles. The number of para-hydroxylation sites is 1. The molecule has 0 N–H and O–H groups in total. The molecule has 4 rings (SSSR count). The quantitative estimate of drug-likeness (QED) is 0.533. The first-order valence-electron chi connectivity index (χ1n) is 8.44. The Morgan fingerprint density at radius 1 is 1.20 bits per heavy atom. The van der Waals surface area contributed by atoms with E-state index in [1.165, 1.54) is 16.8 Å². The number of aromatic nitrogens is 4. The van der Waals surface area contributed by atoms with E-state index in [4.69, 9.17) is 0 Å². The Bertz CT molecular complexity index is 875. The molecule has 1 aliphatic heterocycles. The third kappa shape index (κ3) is 3.45. The number of hydrogen-bond donors (Lipinski definition) is 0. The molecular formula is C19H21N5S. The second-order valence-corrected chi connectivity index (χ2v) is 7.08. The molecule has 0 atom stereocenters. The van der Waals surface area contributed by atoms with E-state index in [1.807, 2.05) is 35.3 Å². The fourth-order valence-corrected chi connectivity index (χ4v) is 3.55. The molecule has 0 bridgehead atoms. The molecule has 0 aliphatic carbocycles. The lowest BCUT2D eigenvalue weighted by atomic mass is 10.1. The summed E-state index contributed by atoms with van der Waals surface area (Å²) in [7, 11) is 0. The number of aryl methyl sites for hydroxylation is 1. The van der Waals surface area contributed by atoms with Gasteiger partial charge in [-0.3, -0.25) is 4.90 Å². The summed E-state index contributed by atoms with van der Waals surface area (Å²) < 4.78 is 1.97. The average molecular weight is 351 g/mol. The minimum atomic E-state index is 0.868. The molecule has 0 saturated heterocycles. The molecule has 6 heteroatoms. The SMILES string of the molecule is CSc1ncc2c(n1)CCN(Cc1cn(-c3ccccc3)nc1C)C2. The summed E-state index contributed by atoms with van der Waals surface area (Å²) in [6.45, 7) is 4.91. The maximum Gasteiger partial charge on any atom is 0.187 e. The van der Waals surface area contributed by atoms with E-state index in [9.17, 15) is 0 Å². The zero-order valence-electron chi connectivity index (χ0n) is 14.5. The zero-order chi connectivity index (χ0) is 17.2. The number of thioether (sulfide) groups is 1. The highest BCUT2D eigenvalue weighted by Gasteiger charge is 2.20. The average Bonchev–Trinajstić information content (AvgIpc) is 3.02. The van der Waals surface area contributed by atoms with Crippen molar-refractivity contribution in [3.63, 3.8) is 0 Å². The van der Waals surface area contributed by atoms with Gasteiger partial charge in [0.25, 0.3) is 0 Å². The predicted molar refractivity (Wildman–Crippen MR) is 99.9 cm³/mol. The van der Waals surface area contributed by atoms with Gasteiger partial charge in [0, 0.05) is 49.6 Å². The van der Waals surface area contributed by atoms with Crippen LogP contribution in [0, 0.1) is 6.92 Å². The third-order valence-corrected chi connectivity index (χ3v) is 5.15.